The van der Waals surface area contributed by atoms with E-state index < -0.39 is 0 Å². The van der Waals surface area contributed by atoms with Gasteiger partial charge in [0.2, 0.25) is 0 Å². The first kappa shape index (κ1) is 79.0. The minimum atomic E-state index is 0. The molecule has 1 radical (unpaired) electrons. The first-order valence-electron chi connectivity index (χ1n) is 0. The molecule has 29 valence electrons. The van der Waals surface area contributed by atoms with Crippen LogP contribution >= 0.6 is 0 Å². The third-order valence-electron chi connectivity index (χ3n) is 0. The molecule has 0 atom stereocenters. The van der Waals surface area contributed by atoms with Crippen molar-refractivity contribution in [2.24, 2.45) is 0 Å². The smallest absolute Gasteiger partial charge is 2.00 e. The van der Waals surface area contributed by atoms with E-state index in [1.54, 1.807) is 0 Å². The maximum absolute atomic E-state index is 0. The predicted octanol–water partition coefficient (Wildman–Crippen LogP) is -1.12. The first-order chi connectivity index (χ1) is 0. The molecule has 0 amide bonds. The Labute approximate surface area is 92.8 Å². The Morgan fingerprint density at radius 1 is 0.667 bits per heavy atom. The van der Waals surface area contributed by atoms with Gasteiger partial charge in [0.05, 0.1) is 0 Å². The van der Waals surface area contributed by atoms with Crippen LogP contribution < -0.4 is 0 Å². The molecule has 0 spiro atoms. The summed E-state index contributed by atoms with van der Waals surface area (Å²) in [6, 6.07) is 0. The van der Waals surface area contributed by atoms with E-state index in [1.165, 1.54) is 0 Å². The Morgan fingerprint density at radius 3 is 0.667 bits per heavy atom. The van der Waals surface area contributed by atoms with Crippen LogP contribution in [0.4, 0.5) is 0 Å². The Balaban J connectivity index is 0. The molecule has 6 heavy (non-hydrogen) atoms. The molecule has 3 nitrogen and oxygen atoms in total. The van der Waals surface area contributed by atoms with Crippen LogP contribution in [0.15, 0.2) is 0 Å². The SMILES string of the molecule is [Ca+2].[Mg+2].[Mn+2].[O-2].[O-2].[O-2]. The van der Waals surface area contributed by atoms with Gasteiger partial charge in [-0.2, -0.15) is 0 Å². The zero-order valence-corrected chi connectivity index (χ0v) is 7.82. The van der Waals surface area contributed by atoms with Crippen LogP contribution in [-0.2, 0) is 33.5 Å². The van der Waals surface area contributed by atoms with E-state index in [1.807, 2.05) is 0 Å². The molecule has 0 aromatic rings. The molecule has 0 aromatic carbocycles. The van der Waals surface area contributed by atoms with Crippen LogP contribution in [-0.4, -0.2) is 60.8 Å². The summed E-state index contributed by atoms with van der Waals surface area (Å²) >= 11 is 0. The van der Waals surface area contributed by atoms with E-state index in [9.17, 15) is 0 Å². The predicted molar refractivity (Wildman–Crippen MR) is 13.6 cm³/mol. The molecule has 0 aliphatic heterocycles. The Morgan fingerprint density at radius 2 is 0.667 bits per heavy atom. The van der Waals surface area contributed by atoms with Gasteiger partial charge in [-0.15, -0.1) is 0 Å². The quantitative estimate of drug-likeness (QED) is 0.409. The average Bonchev–Trinajstić information content (AvgIpc) is 0. The van der Waals surface area contributed by atoms with Crippen molar-refractivity contribution in [2.45, 2.75) is 0 Å². The molecule has 0 bridgehead atoms. The van der Waals surface area contributed by atoms with Gasteiger partial charge in [0, 0.05) is 0 Å². The van der Waals surface area contributed by atoms with Crippen LogP contribution in [0.1, 0.15) is 0 Å². The second kappa shape index (κ2) is 52.1. The zero-order valence-electron chi connectivity index (χ0n) is 3.02. The summed E-state index contributed by atoms with van der Waals surface area (Å²) in [4.78, 5) is 0. The average molecular weight is 167 g/mol. The van der Waals surface area contributed by atoms with E-state index in [2.05, 4.69) is 0 Å². The van der Waals surface area contributed by atoms with Gasteiger partial charge in [-0.1, -0.05) is 0 Å². The third-order valence-corrected chi connectivity index (χ3v) is 0. The fourth-order valence-electron chi connectivity index (χ4n) is 0. The van der Waals surface area contributed by atoms with Gasteiger partial charge >= 0.3 is 77.9 Å². The molecule has 0 unspecified atom stereocenters. The maximum atomic E-state index is 0. The van der Waals surface area contributed by atoms with E-state index in [0.29, 0.717) is 0 Å². The van der Waals surface area contributed by atoms with Crippen molar-refractivity contribution in [3.63, 3.8) is 0 Å². The summed E-state index contributed by atoms with van der Waals surface area (Å²) in [6.07, 6.45) is 0. The Bertz CT molecular complexity index is 10.8. The molecule has 0 saturated carbocycles. The summed E-state index contributed by atoms with van der Waals surface area (Å²) in [7, 11) is 0. The van der Waals surface area contributed by atoms with Crippen molar-refractivity contribution >= 4 is 60.8 Å². The molecular formula is CaMgMnO3. The van der Waals surface area contributed by atoms with Crippen molar-refractivity contribution in [2.75, 3.05) is 0 Å². The van der Waals surface area contributed by atoms with Crippen molar-refractivity contribution in [3.8, 4) is 0 Å². The molecular weight excluding hydrogens is 167 g/mol. The molecule has 6 heteroatoms. The van der Waals surface area contributed by atoms with Gasteiger partial charge in [-0.3, -0.25) is 0 Å². The Hall–Kier alpha value is 2.43. The Kier molecular flexibility index (Phi) is 686. The summed E-state index contributed by atoms with van der Waals surface area (Å²) in [5.41, 5.74) is 0. The maximum Gasteiger partial charge on any atom is 2.00 e. The molecule has 0 aliphatic rings. The second-order valence-corrected chi connectivity index (χ2v) is 0. The molecule has 0 fully saturated rings. The molecule has 0 rings (SSSR count). The largest absolute Gasteiger partial charge is 2.00 e. The summed E-state index contributed by atoms with van der Waals surface area (Å²) in [5.74, 6) is 0. The minimum absolute atomic E-state index is 0. The van der Waals surface area contributed by atoms with Crippen LogP contribution in [0, 0.1) is 0 Å². The van der Waals surface area contributed by atoms with Gasteiger partial charge < -0.3 is 16.4 Å². The van der Waals surface area contributed by atoms with Crippen LogP contribution in [0.25, 0.3) is 0 Å². The first-order valence-corrected chi connectivity index (χ1v) is 0. The summed E-state index contributed by atoms with van der Waals surface area (Å²) in [6.45, 7) is 0. The summed E-state index contributed by atoms with van der Waals surface area (Å²) in [5, 5.41) is 0. The van der Waals surface area contributed by atoms with Crippen molar-refractivity contribution < 1.29 is 33.5 Å². The number of hydrogen-bond acceptors (Lipinski definition) is 0. The fraction of sp³-hybridized carbons (Fsp3) is 0. The molecule has 0 saturated heterocycles. The monoisotopic (exact) mass is 167 g/mol. The van der Waals surface area contributed by atoms with E-state index >= 15 is 0 Å². The van der Waals surface area contributed by atoms with Gasteiger partial charge in [0.15, 0.2) is 0 Å². The van der Waals surface area contributed by atoms with Crippen LogP contribution in [0.5, 0.6) is 0 Å². The van der Waals surface area contributed by atoms with Gasteiger partial charge in [-0.05, 0) is 0 Å². The third kappa shape index (κ3) is 32.2. The van der Waals surface area contributed by atoms with Crippen molar-refractivity contribution in [1.29, 1.82) is 0 Å². The van der Waals surface area contributed by atoms with Crippen molar-refractivity contribution in [3.05, 3.63) is 0 Å². The number of hydrogen-bond donors (Lipinski definition) is 0. The standard InChI is InChI=1S/Ca.Mg.Mn.3O/q3*+2;3*-2. The molecule has 0 heterocycles. The van der Waals surface area contributed by atoms with E-state index in [-0.39, 0.29) is 94.3 Å². The molecule has 0 N–H and O–H groups in total. The fourth-order valence-corrected chi connectivity index (χ4v) is 0. The van der Waals surface area contributed by atoms with Gasteiger partial charge in [0.1, 0.15) is 0 Å². The van der Waals surface area contributed by atoms with Crippen LogP contribution in [0.2, 0.25) is 0 Å². The second-order valence-electron chi connectivity index (χ2n) is 0. The van der Waals surface area contributed by atoms with E-state index in [4.69, 9.17) is 0 Å². The number of rotatable bonds is 0. The summed E-state index contributed by atoms with van der Waals surface area (Å²) < 4.78 is 0. The van der Waals surface area contributed by atoms with E-state index in [0.717, 1.165) is 0 Å². The van der Waals surface area contributed by atoms with Crippen LogP contribution in [0.3, 0.4) is 0 Å². The van der Waals surface area contributed by atoms with Gasteiger partial charge in [0.25, 0.3) is 0 Å². The normalized spacial score (nSPS) is 0. The topological polar surface area (TPSA) is 85.5 Å². The molecule has 0 aliphatic carbocycles. The molecule has 0 aromatic heterocycles. The van der Waals surface area contributed by atoms with Gasteiger partial charge in [-0.25, -0.2) is 0 Å². The van der Waals surface area contributed by atoms with Crippen molar-refractivity contribution in [1.82, 2.24) is 0 Å². The zero-order chi connectivity index (χ0) is 0. The minimum Gasteiger partial charge on any atom is -2.00 e.